The van der Waals surface area contributed by atoms with E-state index in [1.54, 1.807) is 29.3 Å². The molecule has 0 saturated heterocycles. The van der Waals surface area contributed by atoms with Crippen molar-refractivity contribution in [2.45, 2.75) is 26.9 Å². The average Bonchev–Trinajstić information content (AvgIpc) is 2.96. The predicted molar refractivity (Wildman–Crippen MR) is 62.9 cm³/mol. The van der Waals surface area contributed by atoms with Crippen molar-refractivity contribution in [1.29, 1.82) is 0 Å². The second-order valence-corrected chi connectivity index (χ2v) is 3.71. The van der Waals surface area contributed by atoms with Crippen molar-refractivity contribution in [1.82, 2.24) is 24.5 Å². The van der Waals surface area contributed by atoms with E-state index in [0.29, 0.717) is 25.5 Å². The quantitative estimate of drug-likeness (QED) is 0.728. The van der Waals surface area contributed by atoms with Gasteiger partial charge >= 0.3 is 5.97 Å². The summed E-state index contributed by atoms with van der Waals surface area (Å²) in [6.45, 7) is 5.12. The molecule has 0 saturated carbocycles. The lowest BCUT2D eigenvalue weighted by molar-refractivity contribution is 0.0505. The predicted octanol–water partition coefficient (Wildman–Crippen LogP) is 0.660. The van der Waals surface area contributed by atoms with Gasteiger partial charge in [0.05, 0.1) is 13.2 Å². The lowest BCUT2D eigenvalue weighted by atomic mass is 10.5. The Hall–Kier alpha value is -2.18. The molecule has 0 aliphatic rings. The first-order valence-electron chi connectivity index (χ1n) is 5.76. The maximum Gasteiger partial charge on any atom is 0.376 e. The van der Waals surface area contributed by atoms with E-state index in [0.717, 1.165) is 0 Å². The van der Waals surface area contributed by atoms with Gasteiger partial charge in [-0.05, 0) is 19.9 Å². The highest BCUT2D eigenvalue weighted by Crippen LogP contribution is 2.04. The molecule has 7 heteroatoms. The first kappa shape index (κ1) is 12.3. The topological polar surface area (TPSA) is 74.8 Å². The zero-order valence-corrected chi connectivity index (χ0v) is 10.4. The summed E-state index contributed by atoms with van der Waals surface area (Å²) < 4.78 is 8.46. The summed E-state index contributed by atoms with van der Waals surface area (Å²) in [6.07, 6.45) is 3.58. The van der Waals surface area contributed by atoms with Crippen LogP contribution in [0.4, 0.5) is 0 Å². The molecule has 0 aromatic carbocycles. The van der Waals surface area contributed by atoms with Gasteiger partial charge in [-0.2, -0.15) is 5.10 Å². The number of carbonyl (C=O) groups is 1. The highest BCUT2D eigenvalue weighted by atomic mass is 16.5. The number of esters is 1. The molecule has 0 fully saturated rings. The molecule has 0 aliphatic heterocycles. The van der Waals surface area contributed by atoms with E-state index in [9.17, 15) is 4.79 Å². The third-order valence-corrected chi connectivity index (χ3v) is 2.51. The van der Waals surface area contributed by atoms with Crippen LogP contribution >= 0.6 is 0 Å². The second-order valence-electron chi connectivity index (χ2n) is 3.71. The fourth-order valence-corrected chi connectivity index (χ4v) is 1.63. The van der Waals surface area contributed by atoms with E-state index in [1.807, 2.05) is 12.3 Å². The third-order valence-electron chi connectivity index (χ3n) is 2.51. The van der Waals surface area contributed by atoms with Crippen molar-refractivity contribution < 1.29 is 9.53 Å². The molecule has 2 aromatic heterocycles. The first-order chi connectivity index (χ1) is 8.72. The summed E-state index contributed by atoms with van der Waals surface area (Å²) in [7, 11) is 0. The maximum absolute atomic E-state index is 11.7. The van der Waals surface area contributed by atoms with Gasteiger partial charge in [0, 0.05) is 18.9 Å². The molecule has 0 spiro atoms. The van der Waals surface area contributed by atoms with Crippen molar-refractivity contribution in [2.75, 3.05) is 6.61 Å². The van der Waals surface area contributed by atoms with E-state index in [-0.39, 0.29) is 5.82 Å². The molecule has 0 N–H and O–H groups in total. The van der Waals surface area contributed by atoms with Crippen LogP contribution < -0.4 is 0 Å². The number of aromatic nitrogens is 5. The Balaban J connectivity index is 2.11. The highest BCUT2D eigenvalue weighted by Gasteiger charge is 2.17. The largest absolute Gasteiger partial charge is 0.460 e. The zero-order chi connectivity index (χ0) is 13.0. The van der Waals surface area contributed by atoms with E-state index >= 15 is 0 Å². The first-order valence-corrected chi connectivity index (χ1v) is 5.76. The monoisotopic (exact) mass is 249 g/mol. The van der Waals surface area contributed by atoms with Crippen LogP contribution in [0.15, 0.2) is 18.5 Å². The van der Waals surface area contributed by atoms with Gasteiger partial charge in [0.2, 0.25) is 5.82 Å². The Morgan fingerprint density at radius 1 is 1.39 bits per heavy atom. The number of hydrogen-bond acceptors (Lipinski definition) is 5. The Morgan fingerprint density at radius 2 is 2.22 bits per heavy atom. The molecular formula is C11H15N5O2. The number of carbonyl (C=O) groups excluding carboxylic acids is 1. The van der Waals surface area contributed by atoms with Gasteiger partial charge < -0.3 is 9.30 Å². The van der Waals surface area contributed by atoms with Crippen LogP contribution in [0.2, 0.25) is 0 Å². The maximum atomic E-state index is 11.7. The molecule has 2 aromatic rings. The molecule has 0 unspecified atom stereocenters. The fourth-order valence-electron chi connectivity index (χ4n) is 1.63. The minimum atomic E-state index is -0.446. The fraction of sp³-hybridized carbons (Fsp3) is 0.455. The summed E-state index contributed by atoms with van der Waals surface area (Å²) in [6, 6.07) is 1.85. The molecule has 0 amide bonds. The smallest absolute Gasteiger partial charge is 0.376 e. The number of nitrogens with zero attached hydrogens (tertiary/aromatic N) is 5. The van der Waals surface area contributed by atoms with Crippen LogP contribution in [0.3, 0.4) is 0 Å². The summed E-state index contributed by atoms with van der Waals surface area (Å²) in [4.78, 5) is 11.7. The zero-order valence-electron chi connectivity index (χ0n) is 10.4. The Labute approximate surface area is 104 Å². The van der Waals surface area contributed by atoms with Gasteiger partial charge in [-0.3, -0.25) is 4.68 Å². The number of ether oxygens (including phenoxy) is 1. The van der Waals surface area contributed by atoms with Crippen molar-refractivity contribution in [3.05, 3.63) is 30.1 Å². The van der Waals surface area contributed by atoms with Gasteiger partial charge in [0.15, 0.2) is 0 Å². The van der Waals surface area contributed by atoms with Crippen LogP contribution in [0.25, 0.3) is 0 Å². The summed E-state index contributed by atoms with van der Waals surface area (Å²) in [5.41, 5.74) is 0. The lowest BCUT2D eigenvalue weighted by Crippen LogP contribution is -2.17. The Kier molecular flexibility index (Phi) is 3.71. The van der Waals surface area contributed by atoms with Crippen LogP contribution in [0.1, 0.15) is 23.4 Å². The van der Waals surface area contributed by atoms with Gasteiger partial charge in [-0.15, -0.1) is 10.2 Å². The lowest BCUT2D eigenvalue weighted by Gasteiger charge is -2.08. The van der Waals surface area contributed by atoms with Gasteiger partial charge in [0.1, 0.15) is 5.82 Å². The minimum absolute atomic E-state index is 0.238. The van der Waals surface area contributed by atoms with Crippen molar-refractivity contribution in [3.8, 4) is 0 Å². The molecule has 0 atom stereocenters. The van der Waals surface area contributed by atoms with Gasteiger partial charge in [0.25, 0.3) is 0 Å². The number of rotatable bonds is 5. The molecule has 0 aliphatic carbocycles. The van der Waals surface area contributed by atoms with Gasteiger partial charge in [-0.1, -0.05) is 0 Å². The average molecular weight is 249 g/mol. The van der Waals surface area contributed by atoms with Crippen LogP contribution in [-0.2, 0) is 17.8 Å². The summed E-state index contributed by atoms with van der Waals surface area (Å²) in [5, 5.41) is 11.8. The standard InChI is InChI=1S/C11H15N5O2/c1-3-18-11(17)10-14-13-9(2)16(10)8-7-15-6-4-5-12-15/h4-6H,3,7-8H2,1-2H3. The van der Waals surface area contributed by atoms with E-state index in [2.05, 4.69) is 15.3 Å². The second kappa shape index (κ2) is 5.44. The molecule has 2 heterocycles. The molecule has 0 radical (unpaired) electrons. The molecule has 96 valence electrons. The summed E-state index contributed by atoms with van der Waals surface area (Å²) >= 11 is 0. The molecule has 7 nitrogen and oxygen atoms in total. The highest BCUT2D eigenvalue weighted by molar-refractivity contribution is 5.85. The van der Waals surface area contributed by atoms with Crippen LogP contribution in [0.5, 0.6) is 0 Å². The van der Waals surface area contributed by atoms with Gasteiger partial charge in [-0.25, -0.2) is 4.79 Å². The molecule has 0 bridgehead atoms. The van der Waals surface area contributed by atoms with Crippen molar-refractivity contribution in [3.63, 3.8) is 0 Å². The molecule has 18 heavy (non-hydrogen) atoms. The third kappa shape index (κ3) is 2.55. The molecular weight excluding hydrogens is 234 g/mol. The van der Waals surface area contributed by atoms with Crippen molar-refractivity contribution in [2.24, 2.45) is 0 Å². The van der Waals surface area contributed by atoms with E-state index in [1.165, 1.54) is 0 Å². The van der Waals surface area contributed by atoms with Crippen LogP contribution in [0, 0.1) is 6.92 Å². The minimum Gasteiger partial charge on any atom is -0.460 e. The number of hydrogen-bond donors (Lipinski definition) is 0. The molecule has 2 rings (SSSR count). The van der Waals surface area contributed by atoms with Crippen molar-refractivity contribution >= 4 is 5.97 Å². The summed E-state index contributed by atoms with van der Waals surface area (Å²) in [5.74, 6) is 0.477. The Bertz CT molecular complexity index is 518. The van der Waals surface area contributed by atoms with E-state index < -0.39 is 5.97 Å². The normalized spacial score (nSPS) is 10.6. The SMILES string of the molecule is CCOC(=O)c1nnc(C)n1CCn1cccn1. The number of aryl methyl sites for hydroxylation is 2. The van der Waals surface area contributed by atoms with Crippen LogP contribution in [-0.4, -0.2) is 37.1 Å². The van der Waals surface area contributed by atoms with E-state index in [4.69, 9.17) is 4.74 Å². The Morgan fingerprint density at radius 3 is 2.89 bits per heavy atom.